The van der Waals surface area contributed by atoms with Gasteiger partial charge in [0.2, 0.25) is 5.56 Å². The van der Waals surface area contributed by atoms with Crippen LogP contribution in [0.1, 0.15) is 37.0 Å². The smallest absolute Gasteiger partial charge is 0.270 e. The predicted octanol–water partition coefficient (Wildman–Crippen LogP) is 0.687. The number of nitrogens with one attached hydrogen (secondary N) is 1. The Morgan fingerprint density at radius 3 is 2.39 bits per heavy atom. The number of hydrogen-bond acceptors (Lipinski definition) is 5. The topological polar surface area (TPSA) is 91.3 Å². The monoisotopic (exact) mass is 385 g/mol. The molecule has 0 saturated carbocycles. The van der Waals surface area contributed by atoms with Crippen molar-refractivity contribution >= 4 is 5.91 Å². The molecule has 3 heterocycles. The van der Waals surface area contributed by atoms with E-state index in [1.54, 1.807) is 29.2 Å². The molecule has 150 valence electrons. The van der Waals surface area contributed by atoms with E-state index < -0.39 is 0 Å². The Morgan fingerprint density at radius 2 is 1.75 bits per heavy atom. The first-order valence-electron chi connectivity index (χ1n) is 9.54. The summed E-state index contributed by atoms with van der Waals surface area (Å²) in [6.07, 6.45) is 0. The summed E-state index contributed by atoms with van der Waals surface area (Å²) < 4.78 is 1.52. The average Bonchev–Trinajstić information content (AvgIpc) is 2.66. The quantitative estimate of drug-likeness (QED) is 0.836. The van der Waals surface area contributed by atoms with Crippen LogP contribution < -0.4 is 11.1 Å². The van der Waals surface area contributed by atoms with E-state index in [-0.39, 0.29) is 22.4 Å². The zero-order valence-electron chi connectivity index (χ0n) is 16.6. The van der Waals surface area contributed by atoms with E-state index in [0.717, 1.165) is 18.8 Å². The van der Waals surface area contributed by atoms with Gasteiger partial charge < -0.3 is 9.88 Å². The molecule has 0 aromatic carbocycles. The van der Waals surface area contributed by atoms with Crippen LogP contribution in [-0.4, -0.2) is 63.2 Å². The normalized spacial score (nSPS) is 15.6. The van der Waals surface area contributed by atoms with Gasteiger partial charge in [0.1, 0.15) is 5.69 Å². The number of piperazine rings is 1. The first-order chi connectivity index (χ1) is 13.2. The van der Waals surface area contributed by atoms with Gasteiger partial charge in [0, 0.05) is 50.3 Å². The molecule has 3 rings (SSSR count). The number of H-pyrrole nitrogens is 1. The number of carbonyl (C=O) groups excluding carboxylic acids is 1. The molecule has 1 saturated heterocycles. The summed E-state index contributed by atoms with van der Waals surface area (Å²) in [6.45, 7) is 10.0. The highest BCUT2D eigenvalue weighted by Gasteiger charge is 2.23. The summed E-state index contributed by atoms with van der Waals surface area (Å²) >= 11 is 0. The first-order valence-corrected chi connectivity index (χ1v) is 9.54. The fourth-order valence-electron chi connectivity index (χ4n) is 3.16. The molecule has 28 heavy (non-hydrogen) atoms. The lowest BCUT2D eigenvalue weighted by Gasteiger charge is -2.34. The molecule has 1 fully saturated rings. The molecule has 1 N–H and O–H groups in total. The van der Waals surface area contributed by atoms with Gasteiger partial charge in [0.25, 0.3) is 11.5 Å². The third-order valence-corrected chi connectivity index (χ3v) is 4.92. The molecule has 1 aliphatic heterocycles. The van der Waals surface area contributed by atoms with Crippen LogP contribution in [0.3, 0.4) is 0 Å². The minimum absolute atomic E-state index is 0.102. The van der Waals surface area contributed by atoms with E-state index >= 15 is 0 Å². The summed E-state index contributed by atoms with van der Waals surface area (Å²) in [4.78, 5) is 42.5. The molecular formula is C20H27N5O3. The summed E-state index contributed by atoms with van der Waals surface area (Å²) in [6, 6.07) is 7.95. The molecule has 0 radical (unpaired) electrons. The van der Waals surface area contributed by atoms with Gasteiger partial charge in [-0.3, -0.25) is 19.3 Å². The highest BCUT2D eigenvalue weighted by atomic mass is 16.2. The fraction of sp³-hybridized carbons (Fsp3) is 0.500. The number of pyridine rings is 1. The van der Waals surface area contributed by atoms with Gasteiger partial charge in [0.05, 0.1) is 12.2 Å². The van der Waals surface area contributed by atoms with Gasteiger partial charge in [0.15, 0.2) is 0 Å². The van der Waals surface area contributed by atoms with Crippen molar-refractivity contribution in [3.05, 3.63) is 62.4 Å². The largest absolute Gasteiger partial charge is 0.335 e. The predicted molar refractivity (Wildman–Crippen MR) is 107 cm³/mol. The van der Waals surface area contributed by atoms with E-state index in [1.165, 1.54) is 10.7 Å². The van der Waals surface area contributed by atoms with Gasteiger partial charge in [-0.1, -0.05) is 26.8 Å². The number of nitrogens with zero attached hydrogens (tertiary/aromatic N) is 4. The number of rotatable bonds is 4. The van der Waals surface area contributed by atoms with Crippen LogP contribution >= 0.6 is 0 Å². The van der Waals surface area contributed by atoms with Gasteiger partial charge in [-0.05, 0) is 12.1 Å². The summed E-state index contributed by atoms with van der Waals surface area (Å²) in [5.41, 5.74) is 0.713. The van der Waals surface area contributed by atoms with Gasteiger partial charge in [-0.2, -0.15) is 5.10 Å². The lowest BCUT2D eigenvalue weighted by Crippen LogP contribution is -2.50. The number of aromatic amines is 1. The Bertz CT molecular complexity index is 949. The van der Waals surface area contributed by atoms with Crippen LogP contribution in [0.5, 0.6) is 0 Å². The number of hydrogen-bond donors (Lipinski definition) is 1. The molecule has 1 aliphatic rings. The van der Waals surface area contributed by atoms with Crippen molar-refractivity contribution in [2.75, 3.05) is 32.7 Å². The van der Waals surface area contributed by atoms with Gasteiger partial charge >= 0.3 is 0 Å². The van der Waals surface area contributed by atoms with E-state index in [1.807, 2.05) is 0 Å². The molecule has 0 unspecified atom stereocenters. The molecule has 8 nitrogen and oxygen atoms in total. The summed E-state index contributed by atoms with van der Waals surface area (Å²) in [5.74, 6) is -0.159. The number of aromatic nitrogens is 3. The van der Waals surface area contributed by atoms with Crippen molar-refractivity contribution < 1.29 is 4.79 Å². The molecule has 0 spiro atoms. The van der Waals surface area contributed by atoms with Crippen LogP contribution in [0.15, 0.2) is 39.9 Å². The first kappa shape index (κ1) is 20.0. The molecule has 8 heteroatoms. The van der Waals surface area contributed by atoms with Gasteiger partial charge in [-0.25, -0.2) is 4.68 Å². The zero-order valence-corrected chi connectivity index (χ0v) is 16.6. The summed E-state index contributed by atoms with van der Waals surface area (Å²) in [7, 11) is 0. The minimum Gasteiger partial charge on any atom is -0.335 e. The maximum Gasteiger partial charge on any atom is 0.270 e. The maximum absolute atomic E-state index is 12.5. The zero-order chi connectivity index (χ0) is 20.3. The highest BCUT2D eigenvalue weighted by molar-refractivity contribution is 5.92. The Kier molecular flexibility index (Phi) is 5.79. The Labute approximate surface area is 163 Å². The molecule has 2 aromatic rings. The Balaban J connectivity index is 1.56. The summed E-state index contributed by atoms with van der Waals surface area (Å²) in [5, 5.41) is 4.50. The third-order valence-electron chi connectivity index (χ3n) is 4.92. The van der Waals surface area contributed by atoms with Crippen molar-refractivity contribution in [1.29, 1.82) is 0 Å². The average molecular weight is 385 g/mol. The SMILES string of the molecule is CC(C)(C)c1ccc(=O)n(CCN2CCN(C(=O)c3cccc(=O)[nH]3)CC2)n1. The highest BCUT2D eigenvalue weighted by Crippen LogP contribution is 2.18. The van der Waals surface area contributed by atoms with Crippen molar-refractivity contribution in [2.45, 2.75) is 32.7 Å². The maximum atomic E-state index is 12.5. The lowest BCUT2D eigenvalue weighted by molar-refractivity contribution is 0.0625. The van der Waals surface area contributed by atoms with E-state index in [9.17, 15) is 14.4 Å². The Hall–Kier alpha value is -2.74. The van der Waals surface area contributed by atoms with Crippen molar-refractivity contribution in [1.82, 2.24) is 24.6 Å². The molecule has 2 aromatic heterocycles. The lowest BCUT2D eigenvalue weighted by atomic mass is 9.92. The van der Waals surface area contributed by atoms with Crippen LogP contribution in [0, 0.1) is 0 Å². The third kappa shape index (κ3) is 4.75. The van der Waals surface area contributed by atoms with Gasteiger partial charge in [-0.15, -0.1) is 0 Å². The van der Waals surface area contributed by atoms with E-state index in [2.05, 4.69) is 35.8 Å². The van der Waals surface area contributed by atoms with Crippen LogP contribution in [0.2, 0.25) is 0 Å². The second kappa shape index (κ2) is 8.10. The van der Waals surface area contributed by atoms with Crippen LogP contribution in [0.4, 0.5) is 0 Å². The molecular weight excluding hydrogens is 358 g/mol. The number of carbonyl (C=O) groups is 1. The molecule has 1 amide bonds. The van der Waals surface area contributed by atoms with E-state index in [0.29, 0.717) is 31.9 Å². The van der Waals surface area contributed by atoms with Crippen LogP contribution in [0.25, 0.3) is 0 Å². The number of amides is 1. The molecule has 0 bridgehead atoms. The second-order valence-corrected chi connectivity index (χ2v) is 8.09. The standard InChI is InChI=1S/C20H27N5O3/c1-20(2,3)16-7-8-18(27)25(22-16)14-11-23-9-12-24(13-10-23)19(28)15-5-4-6-17(26)21-15/h4-8H,9-14H2,1-3H3,(H,21,26). The minimum atomic E-state index is -0.278. The fourth-order valence-corrected chi connectivity index (χ4v) is 3.16. The second-order valence-electron chi connectivity index (χ2n) is 8.09. The molecule has 0 aliphatic carbocycles. The van der Waals surface area contributed by atoms with Crippen molar-refractivity contribution in [3.8, 4) is 0 Å². The van der Waals surface area contributed by atoms with Crippen molar-refractivity contribution in [3.63, 3.8) is 0 Å². The van der Waals surface area contributed by atoms with E-state index in [4.69, 9.17) is 0 Å². The van der Waals surface area contributed by atoms with Crippen LogP contribution in [-0.2, 0) is 12.0 Å². The Morgan fingerprint density at radius 1 is 1.04 bits per heavy atom. The van der Waals surface area contributed by atoms with Crippen molar-refractivity contribution in [2.24, 2.45) is 0 Å². The molecule has 0 atom stereocenters.